The molecule has 0 aliphatic heterocycles. The molecule has 2 N–H and O–H groups in total. The molecule has 1 aliphatic carbocycles. The van der Waals surface area contributed by atoms with Crippen LogP contribution in [0.4, 0.5) is 13.2 Å². The molecule has 0 spiro atoms. The fraction of sp³-hybridized carbons (Fsp3) is 1.00. The molecule has 0 amide bonds. The first-order chi connectivity index (χ1) is 8.43. The molecule has 1 fully saturated rings. The Morgan fingerprint density at radius 3 is 2.28 bits per heavy atom. The van der Waals surface area contributed by atoms with Crippen molar-refractivity contribution in [2.75, 3.05) is 19.6 Å². The Labute approximate surface area is 108 Å². The van der Waals surface area contributed by atoms with E-state index in [0.717, 1.165) is 19.6 Å². The summed E-state index contributed by atoms with van der Waals surface area (Å²) in [6.45, 7) is 6.86. The van der Waals surface area contributed by atoms with Crippen LogP contribution >= 0.6 is 0 Å². The average Bonchev–Trinajstić information content (AvgIpc) is 2.33. The summed E-state index contributed by atoms with van der Waals surface area (Å²) in [5, 5.41) is 6.65. The fourth-order valence-corrected chi connectivity index (χ4v) is 2.49. The van der Waals surface area contributed by atoms with Gasteiger partial charge in [-0.3, -0.25) is 0 Å². The molecule has 108 valence electrons. The van der Waals surface area contributed by atoms with Crippen molar-refractivity contribution in [3.8, 4) is 0 Å². The van der Waals surface area contributed by atoms with E-state index in [1.165, 1.54) is 0 Å². The zero-order valence-corrected chi connectivity index (χ0v) is 11.3. The second kappa shape index (κ2) is 7.34. The number of hydrogen-bond donors (Lipinski definition) is 2. The second-order valence-electron chi connectivity index (χ2n) is 5.38. The number of likely N-dealkylation sites (N-methyl/N-ethyl adjacent to an activating group) is 1. The molecular weight excluding hydrogens is 241 g/mol. The van der Waals surface area contributed by atoms with Crippen molar-refractivity contribution >= 4 is 0 Å². The van der Waals surface area contributed by atoms with Gasteiger partial charge in [-0.15, -0.1) is 0 Å². The number of nitrogens with one attached hydrogen (secondary N) is 2. The minimum atomic E-state index is -3.99. The molecule has 0 radical (unpaired) electrons. The monoisotopic (exact) mass is 266 g/mol. The number of rotatable bonds is 6. The maximum Gasteiger partial charge on any atom is 0.391 e. The highest BCUT2D eigenvalue weighted by atomic mass is 19.4. The van der Waals surface area contributed by atoms with E-state index in [9.17, 15) is 13.2 Å². The van der Waals surface area contributed by atoms with E-state index < -0.39 is 12.1 Å². The van der Waals surface area contributed by atoms with Crippen molar-refractivity contribution < 1.29 is 13.2 Å². The minimum Gasteiger partial charge on any atom is -0.315 e. The van der Waals surface area contributed by atoms with Gasteiger partial charge < -0.3 is 10.6 Å². The summed E-state index contributed by atoms with van der Waals surface area (Å²) in [5.74, 6) is -0.652. The zero-order chi connectivity index (χ0) is 13.6. The highest BCUT2D eigenvalue weighted by molar-refractivity contribution is 4.79. The molecule has 2 nitrogen and oxygen atoms in total. The largest absolute Gasteiger partial charge is 0.391 e. The van der Waals surface area contributed by atoms with Gasteiger partial charge >= 0.3 is 6.18 Å². The lowest BCUT2D eigenvalue weighted by atomic mass is 9.81. The normalized spacial score (nSPS) is 27.2. The highest BCUT2D eigenvalue weighted by Crippen LogP contribution is 2.39. The first kappa shape index (κ1) is 15.8. The van der Waals surface area contributed by atoms with Crippen molar-refractivity contribution in [3.63, 3.8) is 0 Å². The van der Waals surface area contributed by atoms with E-state index in [4.69, 9.17) is 0 Å². The van der Waals surface area contributed by atoms with Gasteiger partial charge in [0.15, 0.2) is 0 Å². The number of halogens is 3. The van der Waals surface area contributed by atoms with Gasteiger partial charge in [-0.25, -0.2) is 0 Å². The van der Waals surface area contributed by atoms with E-state index in [1.807, 2.05) is 0 Å². The fourth-order valence-electron chi connectivity index (χ4n) is 2.49. The Bertz CT molecular complexity index is 223. The van der Waals surface area contributed by atoms with Gasteiger partial charge in [-0.2, -0.15) is 13.2 Å². The maximum absolute atomic E-state index is 12.5. The molecule has 0 aromatic carbocycles. The summed E-state index contributed by atoms with van der Waals surface area (Å²) in [4.78, 5) is 0. The van der Waals surface area contributed by atoms with Gasteiger partial charge in [0, 0.05) is 12.6 Å². The van der Waals surface area contributed by atoms with Gasteiger partial charge in [-0.05, 0) is 51.6 Å². The SMILES string of the molecule is CCNCC(C)NCC1CCC(C(F)(F)F)CC1. The Morgan fingerprint density at radius 2 is 1.78 bits per heavy atom. The Morgan fingerprint density at radius 1 is 1.17 bits per heavy atom. The van der Waals surface area contributed by atoms with Gasteiger partial charge in [0.25, 0.3) is 0 Å². The van der Waals surface area contributed by atoms with Crippen LogP contribution in [0.15, 0.2) is 0 Å². The van der Waals surface area contributed by atoms with Crippen LogP contribution in [0.2, 0.25) is 0 Å². The first-order valence-electron chi connectivity index (χ1n) is 6.94. The van der Waals surface area contributed by atoms with Crippen molar-refractivity contribution in [2.24, 2.45) is 11.8 Å². The summed E-state index contributed by atoms with van der Waals surface area (Å²) in [5.41, 5.74) is 0. The van der Waals surface area contributed by atoms with E-state index in [2.05, 4.69) is 24.5 Å². The van der Waals surface area contributed by atoms with Gasteiger partial charge in [0.2, 0.25) is 0 Å². The van der Waals surface area contributed by atoms with Crippen LogP contribution in [0, 0.1) is 11.8 Å². The van der Waals surface area contributed by atoms with Crippen LogP contribution in [0.25, 0.3) is 0 Å². The summed E-state index contributed by atoms with van der Waals surface area (Å²) in [6.07, 6.45) is -1.98. The average molecular weight is 266 g/mol. The predicted molar refractivity (Wildman–Crippen MR) is 67.5 cm³/mol. The minimum absolute atomic E-state index is 0.303. The standard InChI is InChI=1S/C13H25F3N2/c1-3-17-8-10(2)18-9-11-4-6-12(7-5-11)13(14,15)16/h10-12,17-18H,3-9H2,1-2H3. The lowest BCUT2D eigenvalue weighted by Gasteiger charge is -2.30. The summed E-state index contributed by atoms with van der Waals surface area (Å²) in [7, 11) is 0. The quantitative estimate of drug-likeness (QED) is 0.772. The molecule has 0 aromatic rings. The Balaban J connectivity index is 2.16. The van der Waals surface area contributed by atoms with Crippen molar-refractivity contribution in [3.05, 3.63) is 0 Å². The molecule has 0 heterocycles. The van der Waals surface area contributed by atoms with Crippen LogP contribution in [0.5, 0.6) is 0 Å². The zero-order valence-electron chi connectivity index (χ0n) is 11.3. The van der Waals surface area contributed by atoms with E-state index in [-0.39, 0.29) is 0 Å². The van der Waals surface area contributed by atoms with Crippen molar-refractivity contribution in [1.82, 2.24) is 10.6 Å². The maximum atomic E-state index is 12.5. The van der Waals surface area contributed by atoms with Crippen LogP contribution < -0.4 is 10.6 Å². The van der Waals surface area contributed by atoms with Gasteiger partial charge in [0.05, 0.1) is 5.92 Å². The first-order valence-corrected chi connectivity index (χ1v) is 6.94. The third kappa shape index (κ3) is 5.57. The van der Waals surface area contributed by atoms with E-state index in [0.29, 0.717) is 37.6 Å². The van der Waals surface area contributed by atoms with Crippen LogP contribution in [-0.4, -0.2) is 31.9 Å². The Hall–Kier alpha value is -0.290. The topological polar surface area (TPSA) is 24.1 Å². The summed E-state index contributed by atoms with van der Waals surface area (Å²) in [6, 6.07) is 0.380. The molecule has 0 saturated heterocycles. The molecular formula is C13H25F3N2. The molecule has 18 heavy (non-hydrogen) atoms. The number of alkyl halides is 3. The van der Waals surface area contributed by atoms with Crippen LogP contribution in [0.3, 0.4) is 0 Å². The molecule has 0 aromatic heterocycles. The van der Waals surface area contributed by atoms with Gasteiger partial charge in [-0.1, -0.05) is 6.92 Å². The molecule has 1 aliphatic rings. The van der Waals surface area contributed by atoms with E-state index >= 15 is 0 Å². The molecule has 5 heteroatoms. The van der Waals surface area contributed by atoms with Crippen molar-refractivity contribution in [2.45, 2.75) is 51.7 Å². The van der Waals surface area contributed by atoms with E-state index in [1.54, 1.807) is 0 Å². The highest BCUT2D eigenvalue weighted by Gasteiger charge is 2.41. The third-order valence-corrected chi connectivity index (χ3v) is 3.77. The third-order valence-electron chi connectivity index (χ3n) is 3.77. The van der Waals surface area contributed by atoms with Gasteiger partial charge in [0.1, 0.15) is 0 Å². The molecule has 1 unspecified atom stereocenters. The molecule has 1 atom stereocenters. The molecule has 1 rings (SSSR count). The number of hydrogen-bond acceptors (Lipinski definition) is 2. The lowest BCUT2D eigenvalue weighted by Crippen LogP contribution is -2.40. The summed E-state index contributed by atoms with van der Waals surface area (Å²) < 4.78 is 37.5. The van der Waals surface area contributed by atoms with Crippen LogP contribution in [0.1, 0.15) is 39.5 Å². The van der Waals surface area contributed by atoms with Crippen molar-refractivity contribution in [1.29, 1.82) is 0 Å². The summed E-state index contributed by atoms with van der Waals surface area (Å²) >= 11 is 0. The predicted octanol–water partition coefficient (Wildman–Crippen LogP) is 2.94. The Kier molecular flexibility index (Phi) is 6.43. The smallest absolute Gasteiger partial charge is 0.315 e. The second-order valence-corrected chi connectivity index (χ2v) is 5.38. The van der Waals surface area contributed by atoms with Crippen LogP contribution in [-0.2, 0) is 0 Å². The molecule has 1 saturated carbocycles. The lowest BCUT2D eigenvalue weighted by molar-refractivity contribution is -0.183. The molecule has 0 bridgehead atoms.